The lowest BCUT2D eigenvalue weighted by Gasteiger charge is -2.35. The number of hydrogen-bond donors (Lipinski definition) is 1. The Morgan fingerprint density at radius 3 is 3.00 bits per heavy atom. The molecule has 0 aromatic carbocycles. The summed E-state index contributed by atoms with van der Waals surface area (Å²) in [7, 11) is 2.16. The van der Waals surface area contributed by atoms with E-state index < -0.39 is 0 Å². The standard InChI is InChI=1S/C13H18ClN5/c1-8-5-10(3-4-18(8)2)19-12-11(17-13(19)15)6-9(14)7-16-12/h6-8,10H,3-5H2,1-2H3,(H2,15,17). The second-order valence-corrected chi connectivity index (χ2v) is 5.78. The van der Waals surface area contributed by atoms with E-state index in [9.17, 15) is 0 Å². The van der Waals surface area contributed by atoms with E-state index in [1.807, 2.05) is 6.07 Å². The summed E-state index contributed by atoms with van der Waals surface area (Å²) < 4.78 is 2.06. The van der Waals surface area contributed by atoms with Crippen LogP contribution < -0.4 is 5.73 Å². The Balaban J connectivity index is 2.03. The van der Waals surface area contributed by atoms with Crippen molar-refractivity contribution in [3.8, 4) is 0 Å². The van der Waals surface area contributed by atoms with Crippen LogP contribution in [0.15, 0.2) is 12.3 Å². The SMILES string of the molecule is CC1CC(n2c(N)nc3cc(Cl)cnc32)CCN1C. The van der Waals surface area contributed by atoms with Crippen molar-refractivity contribution in [2.24, 2.45) is 0 Å². The van der Waals surface area contributed by atoms with Crippen molar-refractivity contribution in [2.75, 3.05) is 19.3 Å². The highest BCUT2D eigenvalue weighted by Crippen LogP contribution is 2.31. The quantitative estimate of drug-likeness (QED) is 0.870. The number of nitrogens with zero attached hydrogens (tertiary/aromatic N) is 4. The van der Waals surface area contributed by atoms with Crippen molar-refractivity contribution in [3.63, 3.8) is 0 Å². The third-order valence-corrected chi connectivity index (χ3v) is 4.28. The molecule has 0 radical (unpaired) electrons. The van der Waals surface area contributed by atoms with Gasteiger partial charge in [0.05, 0.1) is 5.02 Å². The molecule has 2 atom stereocenters. The minimum atomic E-state index is 0.366. The molecule has 0 saturated carbocycles. The maximum Gasteiger partial charge on any atom is 0.202 e. The number of hydrogen-bond acceptors (Lipinski definition) is 4. The number of likely N-dealkylation sites (tertiary alicyclic amines) is 1. The number of nitrogen functional groups attached to an aromatic ring is 1. The lowest BCUT2D eigenvalue weighted by molar-refractivity contribution is 0.159. The first-order chi connectivity index (χ1) is 9.06. The molecule has 3 heterocycles. The normalized spacial score (nSPS) is 25.0. The van der Waals surface area contributed by atoms with Crippen molar-refractivity contribution in [1.29, 1.82) is 0 Å². The third-order valence-electron chi connectivity index (χ3n) is 4.07. The maximum atomic E-state index is 6.07. The summed E-state index contributed by atoms with van der Waals surface area (Å²) in [6, 6.07) is 2.72. The van der Waals surface area contributed by atoms with E-state index in [0.29, 0.717) is 23.1 Å². The van der Waals surface area contributed by atoms with Gasteiger partial charge in [-0.2, -0.15) is 0 Å². The van der Waals surface area contributed by atoms with Gasteiger partial charge in [-0.1, -0.05) is 11.6 Å². The van der Waals surface area contributed by atoms with E-state index in [4.69, 9.17) is 17.3 Å². The number of piperidine rings is 1. The minimum absolute atomic E-state index is 0.366. The second kappa shape index (κ2) is 4.65. The molecule has 2 aromatic rings. The fourth-order valence-electron chi connectivity index (χ4n) is 2.83. The van der Waals surface area contributed by atoms with Gasteiger partial charge in [0.1, 0.15) is 5.52 Å². The van der Waals surface area contributed by atoms with Gasteiger partial charge in [-0.15, -0.1) is 0 Å². The summed E-state index contributed by atoms with van der Waals surface area (Å²) in [5.41, 5.74) is 7.68. The van der Waals surface area contributed by atoms with E-state index in [1.54, 1.807) is 6.20 Å². The van der Waals surface area contributed by atoms with Crippen molar-refractivity contribution >= 4 is 28.7 Å². The molecule has 2 N–H and O–H groups in total. The molecular weight excluding hydrogens is 262 g/mol. The van der Waals surface area contributed by atoms with Crippen molar-refractivity contribution in [2.45, 2.75) is 31.8 Å². The lowest BCUT2D eigenvalue weighted by Crippen LogP contribution is -2.38. The van der Waals surface area contributed by atoms with E-state index in [1.165, 1.54) is 0 Å². The first-order valence-corrected chi connectivity index (χ1v) is 6.93. The molecular formula is C13H18ClN5. The van der Waals surface area contributed by atoms with Gasteiger partial charge in [0.2, 0.25) is 5.95 Å². The average Bonchev–Trinajstić information content (AvgIpc) is 2.68. The number of pyridine rings is 1. The summed E-state index contributed by atoms with van der Waals surface area (Å²) in [5, 5.41) is 0.592. The highest BCUT2D eigenvalue weighted by molar-refractivity contribution is 6.31. The van der Waals surface area contributed by atoms with Crippen LogP contribution in [0, 0.1) is 0 Å². The van der Waals surface area contributed by atoms with Crippen LogP contribution in [-0.4, -0.2) is 39.1 Å². The largest absolute Gasteiger partial charge is 0.369 e. The predicted molar refractivity (Wildman–Crippen MR) is 77.3 cm³/mol. The molecule has 3 rings (SSSR count). The molecule has 19 heavy (non-hydrogen) atoms. The summed E-state index contributed by atoms with van der Waals surface area (Å²) >= 11 is 5.95. The molecule has 2 aromatic heterocycles. The lowest BCUT2D eigenvalue weighted by atomic mass is 9.99. The molecule has 2 unspecified atom stereocenters. The Kier molecular flexibility index (Phi) is 3.11. The number of imidazole rings is 1. The second-order valence-electron chi connectivity index (χ2n) is 5.34. The zero-order valence-corrected chi connectivity index (χ0v) is 11.9. The molecule has 0 bridgehead atoms. The number of nitrogens with two attached hydrogens (primary N) is 1. The van der Waals surface area contributed by atoms with Crippen LogP contribution in [0.1, 0.15) is 25.8 Å². The monoisotopic (exact) mass is 279 g/mol. The van der Waals surface area contributed by atoms with Crippen LogP contribution >= 0.6 is 11.6 Å². The molecule has 0 spiro atoms. The van der Waals surface area contributed by atoms with E-state index in [0.717, 1.165) is 30.6 Å². The van der Waals surface area contributed by atoms with Crippen LogP contribution in [-0.2, 0) is 0 Å². The van der Waals surface area contributed by atoms with Crippen LogP contribution in [0.2, 0.25) is 5.02 Å². The first-order valence-electron chi connectivity index (χ1n) is 6.55. The molecule has 6 heteroatoms. The number of anilines is 1. The molecule has 5 nitrogen and oxygen atoms in total. The third kappa shape index (κ3) is 2.17. The Morgan fingerprint density at radius 2 is 2.26 bits per heavy atom. The molecule has 1 saturated heterocycles. The van der Waals surface area contributed by atoms with Gasteiger partial charge in [0.25, 0.3) is 0 Å². The molecule has 1 aliphatic heterocycles. The maximum absolute atomic E-state index is 6.07. The smallest absolute Gasteiger partial charge is 0.202 e. The summed E-state index contributed by atoms with van der Waals surface area (Å²) in [5.74, 6) is 0.534. The van der Waals surface area contributed by atoms with E-state index in [-0.39, 0.29) is 0 Å². The Morgan fingerprint density at radius 1 is 1.47 bits per heavy atom. The molecule has 0 amide bonds. The summed E-state index contributed by atoms with van der Waals surface area (Å²) in [6.07, 6.45) is 3.79. The van der Waals surface area contributed by atoms with E-state index >= 15 is 0 Å². The highest BCUT2D eigenvalue weighted by atomic mass is 35.5. The Labute approximate surface area is 117 Å². The van der Waals surface area contributed by atoms with Crippen molar-refractivity contribution in [1.82, 2.24) is 19.4 Å². The fourth-order valence-corrected chi connectivity index (χ4v) is 2.99. The Bertz CT molecular complexity index is 608. The number of rotatable bonds is 1. The number of halogens is 1. The van der Waals surface area contributed by atoms with Crippen LogP contribution in [0.25, 0.3) is 11.2 Å². The van der Waals surface area contributed by atoms with Gasteiger partial charge in [-0.3, -0.25) is 4.57 Å². The zero-order chi connectivity index (χ0) is 13.6. The number of fused-ring (bicyclic) bond motifs is 1. The van der Waals surface area contributed by atoms with Gasteiger partial charge in [0.15, 0.2) is 5.65 Å². The van der Waals surface area contributed by atoms with Crippen LogP contribution in [0.3, 0.4) is 0 Å². The summed E-state index contributed by atoms with van der Waals surface area (Å²) in [6.45, 7) is 3.31. The van der Waals surface area contributed by atoms with Gasteiger partial charge >= 0.3 is 0 Å². The van der Waals surface area contributed by atoms with Gasteiger partial charge in [-0.05, 0) is 32.9 Å². The van der Waals surface area contributed by atoms with Gasteiger partial charge < -0.3 is 10.6 Å². The summed E-state index contributed by atoms with van der Waals surface area (Å²) in [4.78, 5) is 11.1. The Hall–Kier alpha value is -1.33. The van der Waals surface area contributed by atoms with Crippen LogP contribution in [0.4, 0.5) is 5.95 Å². The molecule has 1 fully saturated rings. The molecule has 102 valence electrons. The fraction of sp³-hybridized carbons (Fsp3) is 0.538. The van der Waals surface area contributed by atoms with Gasteiger partial charge in [-0.25, -0.2) is 9.97 Å². The van der Waals surface area contributed by atoms with Crippen molar-refractivity contribution in [3.05, 3.63) is 17.3 Å². The minimum Gasteiger partial charge on any atom is -0.369 e. The topological polar surface area (TPSA) is 60.0 Å². The van der Waals surface area contributed by atoms with E-state index in [2.05, 4.69) is 33.4 Å². The van der Waals surface area contributed by atoms with Crippen molar-refractivity contribution < 1.29 is 0 Å². The first kappa shape index (κ1) is 12.7. The molecule has 1 aliphatic rings. The highest BCUT2D eigenvalue weighted by Gasteiger charge is 2.27. The zero-order valence-electron chi connectivity index (χ0n) is 11.2. The number of aromatic nitrogens is 3. The van der Waals surface area contributed by atoms with Gasteiger partial charge in [0, 0.05) is 24.8 Å². The average molecular weight is 280 g/mol. The van der Waals surface area contributed by atoms with Crippen LogP contribution in [0.5, 0.6) is 0 Å². The molecule has 0 aliphatic carbocycles. The predicted octanol–water partition coefficient (Wildman–Crippen LogP) is 2.32.